The number of halogens is 1. The van der Waals surface area contributed by atoms with Gasteiger partial charge in [0, 0.05) is 34.0 Å². The van der Waals surface area contributed by atoms with Crippen LogP contribution in [-0.2, 0) is 16.1 Å². The second-order valence-corrected chi connectivity index (χ2v) is 9.72. The maximum absolute atomic E-state index is 13.8. The molecule has 11 heteroatoms. The molecule has 5 rings (SSSR count). The summed E-state index contributed by atoms with van der Waals surface area (Å²) in [6, 6.07) is 22.4. The van der Waals surface area contributed by atoms with Crippen LogP contribution in [0.25, 0.3) is 23.0 Å². The summed E-state index contributed by atoms with van der Waals surface area (Å²) in [5, 5.41) is 26.7. The molecule has 1 aromatic heterocycles. The van der Waals surface area contributed by atoms with Crippen LogP contribution in [0.15, 0.2) is 95.7 Å². The van der Waals surface area contributed by atoms with Crippen LogP contribution in [0.2, 0.25) is 5.02 Å². The third-order valence-electron chi connectivity index (χ3n) is 6.82. The van der Waals surface area contributed by atoms with Gasteiger partial charge in [-0.2, -0.15) is 10.4 Å². The van der Waals surface area contributed by atoms with E-state index in [0.717, 1.165) is 4.90 Å². The quantitative estimate of drug-likeness (QED) is 0.115. The summed E-state index contributed by atoms with van der Waals surface area (Å²) < 4.78 is 6.73. The summed E-state index contributed by atoms with van der Waals surface area (Å²) in [6.07, 6.45) is 3.22. The summed E-state index contributed by atoms with van der Waals surface area (Å²) in [5.41, 5.74) is 2.31. The molecule has 0 radical (unpaired) electrons. The van der Waals surface area contributed by atoms with Crippen LogP contribution >= 0.6 is 11.6 Å². The number of ether oxygens (including phenoxy) is 1. The van der Waals surface area contributed by atoms with Gasteiger partial charge in [-0.25, -0.2) is 4.68 Å². The van der Waals surface area contributed by atoms with E-state index in [4.69, 9.17) is 21.4 Å². The molecule has 10 nitrogen and oxygen atoms in total. The van der Waals surface area contributed by atoms with Gasteiger partial charge in [0.15, 0.2) is 5.75 Å². The fraction of sp³-hybridized carbons (Fsp3) is 0.0968. The van der Waals surface area contributed by atoms with Gasteiger partial charge >= 0.3 is 5.69 Å². The lowest BCUT2D eigenvalue weighted by molar-refractivity contribution is -0.385. The Balaban J connectivity index is 1.69. The minimum Gasteiger partial charge on any atom is -0.490 e. The highest BCUT2D eigenvalue weighted by atomic mass is 35.5. The summed E-state index contributed by atoms with van der Waals surface area (Å²) in [5.74, 6) is -1.25. The van der Waals surface area contributed by atoms with Crippen LogP contribution in [0.4, 0.5) is 5.69 Å². The standard InChI is InChI=1S/C31H22ClN5O5/c1-19-24(30(38)35(31(39)25(19)16-33)17-21-8-6-7-11-26(21)32)14-22-18-36(23-9-4-3-5-10-23)34-29(22)20-12-13-28(42-2)27(15-20)37(40)41/h3-15,18H,17H2,1-2H3/b24-14+. The van der Waals surface area contributed by atoms with Crippen molar-refractivity contribution < 1.29 is 19.2 Å². The zero-order valence-corrected chi connectivity index (χ0v) is 23.2. The Labute approximate surface area is 245 Å². The van der Waals surface area contributed by atoms with Crippen molar-refractivity contribution in [2.24, 2.45) is 0 Å². The predicted molar refractivity (Wildman–Crippen MR) is 156 cm³/mol. The number of hydrogen-bond acceptors (Lipinski definition) is 7. The van der Waals surface area contributed by atoms with Gasteiger partial charge in [0.05, 0.1) is 24.3 Å². The van der Waals surface area contributed by atoms with Crippen molar-refractivity contribution in [3.8, 4) is 28.8 Å². The minimum atomic E-state index is -0.719. The lowest BCUT2D eigenvalue weighted by Crippen LogP contribution is -2.42. The fourth-order valence-electron chi connectivity index (χ4n) is 4.64. The molecule has 1 aliphatic heterocycles. The van der Waals surface area contributed by atoms with E-state index in [0.29, 0.717) is 33.1 Å². The van der Waals surface area contributed by atoms with Gasteiger partial charge in [0.25, 0.3) is 11.8 Å². The number of carbonyl (C=O) groups excluding carboxylic acids is 2. The number of imide groups is 1. The van der Waals surface area contributed by atoms with Gasteiger partial charge in [-0.3, -0.25) is 24.6 Å². The van der Waals surface area contributed by atoms with Crippen molar-refractivity contribution in [2.75, 3.05) is 7.11 Å². The largest absolute Gasteiger partial charge is 0.490 e. The molecular weight excluding hydrogens is 558 g/mol. The summed E-state index contributed by atoms with van der Waals surface area (Å²) in [4.78, 5) is 39.2. The van der Waals surface area contributed by atoms with Gasteiger partial charge < -0.3 is 4.74 Å². The maximum atomic E-state index is 13.8. The number of methoxy groups -OCH3 is 1. The second-order valence-electron chi connectivity index (χ2n) is 9.31. The number of para-hydroxylation sites is 1. The van der Waals surface area contributed by atoms with Gasteiger partial charge in [0.1, 0.15) is 17.3 Å². The molecular formula is C31H22ClN5O5. The molecule has 0 saturated heterocycles. The number of amides is 2. The average Bonchev–Trinajstić information content (AvgIpc) is 3.42. The third-order valence-corrected chi connectivity index (χ3v) is 7.19. The van der Waals surface area contributed by atoms with Crippen LogP contribution < -0.4 is 4.74 Å². The topological polar surface area (TPSA) is 131 Å². The van der Waals surface area contributed by atoms with Gasteiger partial charge in [-0.15, -0.1) is 0 Å². The maximum Gasteiger partial charge on any atom is 0.311 e. The molecule has 208 valence electrons. The Kier molecular flexibility index (Phi) is 7.69. The van der Waals surface area contributed by atoms with E-state index in [1.807, 2.05) is 36.4 Å². The molecule has 0 spiro atoms. The fourth-order valence-corrected chi connectivity index (χ4v) is 4.83. The summed E-state index contributed by atoms with van der Waals surface area (Å²) >= 11 is 6.30. The molecule has 0 atom stereocenters. The smallest absolute Gasteiger partial charge is 0.311 e. The van der Waals surface area contributed by atoms with Crippen LogP contribution in [0.1, 0.15) is 18.1 Å². The highest BCUT2D eigenvalue weighted by molar-refractivity contribution is 6.31. The summed E-state index contributed by atoms with van der Waals surface area (Å²) in [7, 11) is 1.34. The molecule has 2 heterocycles. The monoisotopic (exact) mass is 579 g/mol. The molecule has 0 saturated carbocycles. The zero-order valence-electron chi connectivity index (χ0n) is 22.4. The number of rotatable bonds is 7. The Morgan fingerprint density at radius 1 is 1.07 bits per heavy atom. The van der Waals surface area contributed by atoms with Crippen LogP contribution in [0.3, 0.4) is 0 Å². The minimum absolute atomic E-state index is 0.0831. The average molecular weight is 580 g/mol. The number of hydrogen-bond donors (Lipinski definition) is 0. The van der Waals surface area contributed by atoms with E-state index >= 15 is 0 Å². The molecule has 42 heavy (non-hydrogen) atoms. The first-order valence-corrected chi connectivity index (χ1v) is 13.0. The Bertz CT molecular complexity index is 1850. The molecule has 1 aliphatic rings. The summed E-state index contributed by atoms with van der Waals surface area (Å²) in [6.45, 7) is 1.40. The third kappa shape index (κ3) is 5.16. The van der Waals surface area contributed by atoms with Gasteiger partial charge in [0.2, 0.25) is 0 Å². The molecule has 0 bridgehead atoms. The van der Waals surface area contributed by atoms with Gasteiger partial charge in [-0.1, -0.05) is 48.0 Å². The van der Waals surface area contributed by atoms with Crippen LogP contribution in [-0.4, -0.2) is 38.5 Å². The second kappa shape index (κ2) is 11.5. The van der Waals surface area contributed by atoms with Crippen molar-refractivity contribution in [2.45, 2.75) is 13.5 Å². The Morgan fingerprint density at radius 2 is 1.79 bits per heavy atom. The normalized spacial score (nSPS) is 14.3. The number of carbonyl (C=O) groups is 2. The van der Waals surface area contributed by atoms with Crippen molar-refractivity contribution in [3.05, 3.63) is 122 Å². The molecule has 0 N–H and O–H groups in total. The molecule has 4 aromatic rings. The van der Waals surface area contributed by atoms with E-state index in [9.17, 15) is 25.0 Å². The lowest BCUT2D eigenvalue weighted by Gasteiger charge is -2.27. The van der Waals surface area contributed by atoms with E-state index < -0.39 is 16.7 Å². The number of nitro groups is 1. The molecule has 2 amide bonds. The van der Waals surface area contributed by atoms with Crippen molar-refractivity contribution in [3.63, 3.8) is 0 Å². The highest BCUT2D eigenvalue weighted by Crippen LogP contribution is 2.36. The number of nitriles is 1. The molecule has 0 unspecified atom stereocenters. The SMILES string of the molecule is COc1ccc(-c2nn(-c3ccccc3)cc2/C=C2/C(=O)N(Cc3ccccc3Cl)C(=O)C(C#N)=C2C)cc1[N+](=O)[O-]. The first-order valence-electron chi connectivity index (χ1n) is 12.6. The Morgan fingerprint density at radius 3 is 2.45 bits per heavy atom. The lowest BCUT2D eigenvalue weighted by atomic mass is 9.93. The first kappa shape index (κ1) is 28.0. The number of nitro benzene ring substituents is 1. The molecule has 3 aromatic carbocycles. The van der Waals surface area contributed by atoms with E-state index in [-0.39, 0.29) is 34.7 Å². The first-order chi connectivity index (χ1) is 20.2. The number of aromatic nitrogens is 2. The zero-order chi connectivity index (χ0) is 30.0. The molecule has 0 fully saturated rings. The van der Waals surface area contributed by atoms with Crippen molar-refractivity contribution in [1.82, 2.24) is 14.7 Å². The van der Waals surface area contributed by atoms with Crippen LogP contribution in [0, 0.1) is 21.4 Å². The van der Waals surface area contributed by atoms with Crippen molar-refractivity contribution in [1.29, 1.82) is 5.26 Å². The number of benzene rings is 3. The van der Waals surface area contributed by atoms with E-state index in [1.54, 1.807) is 47.3 Å². The highest BCUT2D eigenvalue weighted by Gasteiger charge is 2.36. The van der Waals surface area contributed by atoms with Gasteiger partial charge in [-0.05, 0) is 54.5 Å². The van der Waals surface area contributed by atoms with Crippen LogP contribution in [0.5, 0.6) is 5.75 Å². The van der Waals surface area contributed by atoms with E-state index in [2.05, 4.69) is 0 Å². The van der Waals surface area contributed by atoms with Crippen molar-refractivity contribution >= 4 is 35.2 Å². The Hall–Kier alpha value is -5.53. The molecule has 0 aliphatic carbocycles. The predicted octanol–water partition coefficient (Wildman–Crippen LogP) is 5.90. The van der Waals surface area contributed by atoms with E-state index in [1.165, 1.54) is 26.2 Å². The number of nitrogens with zero attached hydrogens (tertiary/aromatic N) is 5.